The van der Waals surface area contributed by atoms with Gasteiger partial charge in [0, 0.05) is 12.1 Å². The summed E-state index contributed by atoms with van der Waals surface area (Å²) in [7, 11) is 0. The molecule has 1 aromatic carbocycles. The summed E-state index contributed by atoms with van der Waals surface area (Å²) in [6.45, 7) is 4.57. The summed E-state index contributed by atoms with van der Waals surface area (Å²) in [5, 5.41) is 7.22. The Hall–Kier alpha value is -2.34. The van der Waals surface area contributed by atoms with Crippen molar-refractivity contribution < 1.29 is 4.52 Å². The molecule has 2 aromatic heterocycles. The van der Waals surface area contributed by atoms with Crippen molar-refractivity contribution in [1.82, 2.24) is 20.4 Å². The van der Waals surface area contributed by atoms with E-state index >= 15 is 0 Å². The van der Waals surface area contributed by atoms with Crippen LogP contribution in [-0.2, 0) is 6.54 Å². The topological polar surface area (TPSA) is 86.7 Å². The Bertz CT molecular complexity index is 784. The highest BCUT2D eigenvalue weighted by Crippen LogP contribution is 2.17. The van der Waals surface area contributed by atoms with Gasteiger partial charge in [-0.3, -0.25) is 0 Å². The second kappa shape index (κ2) is 4.97. The molecule has 0 aliphatic heterocycles. The zero-order valence-corrected chi connectivity index (χ0v) is 11.4. The number of H-pyrrole nitrogens is 2. The lowest BCUT2D eigenvalue weighted by atomic mass is 10.1. The normalized spacial score (nSPS) is 12.9. The Morgan fingerprint density at radius 1 is 1.30 bits per heavy atom. The number of nitrogens with zero attached hydrogens (tertiary/aromatic N) is 1. The van der Waals surface area contributed by atoms with Gasteiger partial charge in [-0.05, 0) is 31.5 Å². The van der Waals surface area contributed by atoms with Gasteiger partial charge < -0.3 is 19.8 Å². The summed E-state index contributed by atoms with van der Waals surface area (Å²) in [6, 6.07) is 7.92. The number of rotatable bonds is 4. The van der Waals surface area contributed by atoms with Gasteiger partial charge in [0.2, 0.25) is 0 Å². The van der Waals surface area contributed by atoms with Crippen LogP contribution >= 0.6 is 0 Å². The predicted octanol–water partition coefficient (Wildman–Crippen LogP) is 2.00. The number of aromatic nitrogens is 3. The molecule has 2 heterocycles. The molecular weight excluding hydrogens is 256 g/mol. The first-order valence-corrected chi connectivity index (χ1v) is 6.49. The Morgan fingerprint density at radius 3 is 2.85 bits per heavy atom. The summed E-state index contributed by atoms with van der Waals surface area (Å²) in [4.78, 5) is 16.7. The Morgan fingerprint density at radius 2 is 2.10 bits per heavy atom. The summed E-state index contributed by atoms with van der Waals surface area (Å²) < 4.78 is 5.16. The molecule has 3 aromatic rings. The van der Waals surface area contributed by atoms with E-state index in [9.17, 15) is 4.79 Å². The maximum absolute atomic E-state index is 11.2. The number of hydrogen-bond donors (Lipinski definition) is 3. The first-order chi connectivity index (χ1) is 9.61. The van der Waals surface area contributed by atoms with Gasteiger partial charge in [0.05, 0.1) is 23.3 Å². The van der Waals surface area contributed by atoms with Crippen LogP contribution in [0.25, 0.3) is 11.0 Å². The highest BCUT2D eigenvalue weighted by atomic mass is 16.5. The van der Waals surface area contributed by atoms with Crippen molar-refractivity contribution in [3.05, 3.63) is 51.8 Å². The zero-order chi connectivity index (χ0) is 14.1. The Kier molecular flexibility index (Phi) is 3.15. The number of aryl methyl sites for hydroxylation is 1. The molecule has 0 spiro atoms. The molecule has 20 heavy (non-hydrogen) atoms. The van der Waals surface area contributed by atoms with Crippen molar-refractivity contribution in [1.29, 1.82) is 0 Å². The lowest BCUT2D eigenvalue weighted by molar-refractivity contribution is 0.363. The van der Waals surface area contributed by atoms with Crippen molar-refractivity contribution in [3.8, 4) is 0 Å². The molecule has 1 atom stereocenters. The molecule has 0 aliphatic carbocycles. The molecule has 0 aliphatic rings. The zero-order valence-electron chi connectivity index (χ0n) is 11.4. The average molecular weight is 272 g/mol. The van der Waals surface area contributed by atoms with Crippen molar-refractivity contribution in [3.63, 3.8) is 0 Å². The summed E-state index contributed by atoms with van der Waals surface area (Å²) in [5.74, 6) is 0.811. The highest BCUT2D eigenvalue weighted by molar-refractivity contribution is 5.75. The lowest BCUT2D eigenvalue weighted by Gasteiger charge is -2.13. The van der Waals surface area contributed by atoms with E-state index < -0.39 is 0 Å². The van der Waals surface area contributed by atoms with Crippen LogP contribution in [0, 0.1) is 6.92 Å². The van der Waals surface area contributed by atoms with Crippen LogP contribution in [0.15, 0.2) is 33.6 Å². The van der Waals surface area contributed by atoms with Gasteiger partial charge in [-0.15, -0.1) is 0 Å². The first kappa shape index (κ1) is 12.7. The standard InChI is InChI=1S/C14H16N4O2/c1-8-5-11(20-18-8)7-15-9(2)10-3-4-12-13(6-10)17-14(19)16-12/h3-6,9,15H,7H2,1-2H3,(H2,16,17,19). The third-order valence-corrected chi connectivity index (χ3v) is 3.30. The minimum absolute atomic E-state index is 0.142. The van der Waals surface area contributed by atoms with E-state index in [1.54, 1.807) is 0 Å². The molecule has 0 bridgehead atoms. The fourth-order valence-corrected chi connectivity index (χ4v) is 2.19. The molecule has 3 N–H and O–H groups in total. The van der Waals surface area contributed by atoms with Gasteiger partial charge in [0.25, 0.3) is 0 Å². The van der Waals surface area contributed by atoms with Gasteiger partial charge in [-0.1, -0.05) is 11.2 Å². The number of hydrogen-bond acceptors (Lipinski definition) is 4. The van der Waals surface area contributed by atoms with E-state index in [1.165, 1.54) is 0 Å². The molecule has 104 valence electrons. The molecule has 3 rings (SSSR count). The van der Waals surface area contributed by atoms with Gasteiger partial charge in [-0.25, -0.2) is 4.79 Å². The van der Waals surface area contributed by atoms with Gasteiger partial charge in [0.1, 0.15) is 0 Å². The third kappa shape index (κ3) is 2.50. The fraction of sp³-hybridized carbons (Fsp3) is 0.286. The molecule has 0 saturated carbocycles. The predicted molar refractivity (Wildman–Crippen MR) is 75.4 cm³/mol. The molecule has 1 unspecified atom stereocenters. The van der Waals surface area contributed by atoms with Crippen molar-refractivity contribution in [2.75, 3.05) is 0 Å². The number of benzene rings is 1. The molecular formula is C14H16N4O2. The largest absolute Gasteiger partial charge is 0.360 e. The SMILES string of the molecule is Cc1cc(CNC(C)c2ccc3[nH]c(=O)[nH]c3c2)on1. The fourth-order valence-electron chi connectivity index (χ4n) is 2.19. The third-order valence-electron chi connectivity index (χ3n) is 3.30. The van der Waals surface area contributed by atoms with Gasteiger partial charge in [0.15, 0.2) is 5.76 Å². The van der Waals surface area contributed by atoms with E-state index in [-0.39, 0.29) is 11.7 Å². The highest BCUT2D eigenvalue weighted by Gasteiger charge is 2.08. The molecule has 6 heteroatoms. The second-order valence-electron chi connectivity index (χ2n) is 4.92. The van der Waals surface area contributed by atoms with E-state index in [4.69, 9.17) is 4.52 Å². The van der Waals surface area contributed by atoms with Crippen LogP contribution in [-0.4, -0.2) is 15.1 Å². The molecule has 0 saturated heterocycles. The lowest BCUT2D eigenvalue weighted by Crippen LogP contribution is -2.17. The van der Waals surface area contributed by atoms with Crippen molar-refractivity contribution in [2.24, 2.45) is 0 Å². The van der Waals surface area contributed by atoms with Crippen LogP contribution in [0.3, 0.4) is 0 Å². The quantitative estimate of drug-likeness (QED) is 0.678. The number of aromatic amines is 2. The average Bonchev–Trinajstić information content (AvgIpc) is 2.99. The monoisotopic (exact) mass is 272 g/mol. The smallest absolute Gasteiger partial charge is 0.323 e. The minimum Gasteiger partial charge on any atom is -0.360 e. The number of nitrogens with one attached hydrogen (secondary N) is 3. The van der Waals surface area contributed by atoms with Crippen LogP contribution in [0.1, 0.15) is 30.0 Å². The van der Waals surface area contributed by atoms with Crippen molar-refractivity contribution >= 4 is 11.0 Å². The summed E-state index contributed by atoms with van der Waals surface area (Å²) >= 11 is 0. The van der Waals surface area contributed by atoms with Gasteiger partial charge in [-0.2, -0.15) is 0 Å². The molecule has 0 amide bonds. The Balaban J connectivity index is 1.74. The minimum atomic E-state index is -0.185. The molecule has 6 nitrogen and oxygen atoms in total. The summed E-state index contributed by atoms with van der Waals surface area (Å²) in [6.07, 6.45) is 0. The van der Waals surface area contributed by atoms with Crippen LogP contribution < -0.4 is 11.0 Å². The summed E-state index contributed by atoms with van der Waals surface area (Å²) in [5.41, 5.74) is 3.42. The molecule has 0 fully saturated rings. The van der Waals surface area contributed by atoms with Crippen LogP contribution in [0.5, 0.6) is 0 Å². The van der Waals surface area contributed by atoms with E-state index in [0.717, 1.165) is 28.1 Å². The number of imidazole rings is 1. The van der Waals surface area contributed by atoms with Crippen molar-refractivity contribution in [2.45, 2.75) is 26.4 Å². The van der Waals surface area contributed by atoms with Crippen LogP contribution in [0.4, 0.5) is 0 Å². The van der Waals surface area contributed by atoms with Gasteiger partial charge >= 0.3 is 5.69 Å². The second-order valence-corrected chi connectivity index (χ2v) is 4.92. The van der Waals surface area contributed by atoms with E-state index in [1.807, 2.05) is 31.2 Å². The van der Waals surface area contributed by atoms with E-state index in [0.29, 0.717) is 6.54 Å². The molecule has 0 radical (unpaired) electrons. The van der Waals surface area contributed by atoms with Crippen LogP contribution in [0.2, 0.25) is 0 Å². The maximum Gasteiger partial charge on any atom is 0.323 e. The maximum atomic E-state index is 11.2. The first-order valence-electron chi connectivity index (χ1n) is 6.49. The van der Waals surface area contributed by atoms with E-state index in [2.05, 4.69) is 27.4 Å². The number of fused-ring (bicyclic) bond motifs is 1. The Labute approximate surface area is 115 Å².